The summed E-state index contributed by atoms with van der Waals surface area (Å²) in [4.78, 5) is 107. The zero-order valence-electron chi connectivity index (χ0n) is 42.6. The van der Waals surface area contributed by atoms with E-state index in [0.717, 1.165) is 57.8 Å². The molecule has 0 aromatic heterocycles. The van der Waals surface area contributed by atoms with Gasteiger partial charge < -0.3 is 66.2 Å². The summed E-state index contributed by atoms with van der Waals surface area (Å²) in [5.74, 6) is -5.41. The fourth-order valence-corrected chi connectivity index (χ4v) is 6.95. The lowest BCUT2D eigenvalue weighted by molar-refractivity contribution is -0.143. The highest BCUT2D eigenvalue weighted by molar-refractivity contribution is 5.85. The summed E-state index contributed by atoms with van der Waals surface area (Å²) in [7, 11) is 0. The molecular formula is C49H88N6O16. The molecule has 0 aromatic rings. The number of carboxylic acids is 3. The van der Waals surface area contributed by atoms with Crippen LogP contribution >= 0.6 is 0 Å². The minimum atomic E-state index is -1.25. The van der Waals surface area contributed by atoms with E-state index in [4.69, 9.17) is 24.1 Å². The van der Waals surface area contributed by atoms with Crippen molar-refractivity contribution in [3.05, 3.63) is 0 Å². The van der Waals surface area contributed by atoms with Crippen molar-refractivity contribution in [2.75, 3.05) is 72.5 Å². The molecule has 3 atom stereocenters. The molecule has 0 heterocycles. The van der Waals surface area contributed by atoms with Crippen molar-refractivity contribution in [2.45, 2.75) is 186 Å². The van der Waals surface area contributed by atoms with Gasteiger partial charge in [-0.3, -0.25) is 33.6 Å². The predicted octanol–water partition coefficient (Wildman–Crippen LogP) is 3.51. The van der Waals surface area contributed by atoms with Crippen LogP contribution in [0.25, 0.3) is 0 Å². The van der Waals surface area contributed by atoms with Gasteiger partial charge in [0.15, 0.2) is 0 Å². The normalized spacial score (nSPS) is 12.3. The minimum absolute atomic E-state index is 0.0328. The first-order valence-electron chi connectivity index (χ1n) is 25.8. The monoisotopic (exact) mass is 1020 g/mol. The molecule has 0 spiro atoms. The minimum Gasteiger partial charge on any atom is -0.481 e. The molecule has 9 N–H and O–H groups in total. The molecule has 1 unspecified atom stereocenters. The lowest BCUT2D eigenvalue weighted by Gasteiger charge is -2.17. The van der Waals surface area contributed by atoms with Crippen molar-refractivity contribution in [2.24, 2.45) is 0 Å². The largest absolute Gasteiger partial charge is 0.481 e. The topological polar surface area (TPSA) is 323 Å². The smallest absolute Gasteiger partial charge is 0.326 e. The molecule has 0 saturated heterocycles. The number of carbonyl (C=O) groups excluding carboxylic acids is 6. The summed E-state index contributed by atoms with van der Waals surface area (Å²) in [5.41, 5.74) is 0. The van der Waals surface area contributed by atoms with Crippen LogP contribution in [0.4, 0.5) is 0 Å². The van der Waals surface area contributed by atoms with Crippen molar-refractivity contribution in [3.8, 4) is 0 Å². The summed E-state index contributed by atoms with van der Waals surface area (Å²) in [6.45, 7) is 5.03. The molecule has 22 nitrogen and oxygen atoms in total. The second-order valence-corrected chi connectivity index (χ2v) is 17.6. The molecule has 71 heavy (non-hydrogen) atoms. The lowest BCUT2D eigenvalue weighted by Crippen LogP contribution is -2.43. The van der Waals surface area contributed by atoms with E-state index in [1.165, 1.54) is 38.5 Å². The number of hydrogen-bond donors (Lipinski definition) is 9. The van der Waals surface area contributed by atoms with E-state index >= 15 is 0 Å². The fourth-order valence-electron chi connectivity index (χ4n) is 6.95. The first-order chi connectivity index (χ1) is 34.1. The molecule has 22 heteroatoms. The van der Waals surface area contributed by atoms with E-state index in [1.54, 1.807) is 6.92 Å². The molecule has 0 aliphatic carbocycles. The van der Waals surface area contributed by atoms with Crippen LogP contribution in [0.2, 0.25) is 0 Å². The molecule has 0 saturated carbocycles. The number of carbonyl (C=O) groups is 9. The molecule has 0 aliphatic heterocycles. The zero-order chi connectivity index (χ0) is 52.7. The van der Waals surface area contributed by atoms with Crippen LogP contribution in [-0.2, 0) is 62.1 Å². The van der Waals surface area contributed by atoms with Crippen molar-refractivity contribution in [1.29, 1.82) is 0 Å². The second kappa shape index (κ2) is 46.2. The first-order valence-corrected chi connectivity index (χ1v) is 25.8. The molecule has 6 amide bonds. The average Bonchev–Trinajstić information content (AvgIpc) is 3.32. The van der Waals surface area contributed by atoms with E-state index in [1.807, 2.05) is 6.92 Å². The summed E-state index contributed by atoms with van der Waals surface area (Å²) in [6.07, 6.45) is 17.4. The highest BCUT2D eigenvalue weighted by Crippen LogP contribution is 2.14. The van der Waals surface area contributed by atoms with Gasteiger partial charge in [0, 0.05) is 57.8 Å². The maximum absolute atomic E-state index is 12.5. The van der Waals surface area contributed by atoms with E-state index in [2.05, 4.69) is 31.9 Å². The number of ether oxygens (including phenoxy) is 4. The van der Waals surface area contributed by atoms with Crippen LogP contribution < -0.4 is 31.9 Å². The van der Waals surface area contributed by atoms with E-state index in [-0.39, 0.29) is 146 Å². The third-order valence-electron chi connectivity index (χ3n) is 11.0. The van der Waals surface area contributed by atoms with Gasteiger partial charge >= 0.3 is 17.9 Å². The van der Waals surface area contributed by atoms with E-state index in [0.29, 0.717) is 19.4 Å². The third kappa shape index (κ3) is 44.7. The highest BCUT2D eigenvalue weighted by atomic mass is 16.5. The molecule has 0 rings (SSSR count). The Morgan fingerprint density at radius 1 is 0.380 bits per heavy atom. The second-order valence-electron chi connectivity index (χ2n) is 17.6. The van der Waals surface area contributed by atoms with Gasteiger partial charge in [0.2, 0.25) is 35.4 Å². The maximum atomic E-state index is 12.5. The van der Waals surface area contributed by atoms with E-state index in [9.17, 15) is 53.4 Å². The Morgan fingerprint density at radius 2 is 0.761 bits per heavy atom. The van der Waals surface area contributed by atoms with Gasteiger partial charge in [-0.25, -0.2) is 9.59 Å². The van der Waals surface area contributed by atoms with Crippen LogP contribution in [-0.4, -0.2) is 159 Å². The van der Waals surface area contributed by atoms with Crippen LogP contribution in [0, 0.1) is 0 Å². The molecule has 410 valence electrons. The molecule has 0 radical (unpaired) electrons. The number of hydrogen-bond acceptors (Lipinski definition) is 13. The summed E-state index contributed by atoms with van der Waals surface area (Å²) >= 11 is 0. The van der Waals surface area contributed by atoms with Gasteiger partial charge in [-0.1, -0.05) is 90.4 Å². The predicted molar refractivity (Wildman–Crippen MR) is 263 cm³/mol. The molecule has 0 bridgehead atoms. The standard InChI is InChI=1S/C49H88N6O16/c1-3-4-27-50-42(57)25-22-40(49(66)67)55-46(61)37-71-35-33-69-31-29-52-45(60)36-70-34-32-68-30-28-51-41(56)24-21-38(2)53-44(59)26-23-39(48(64)65)54-43(58)19-17-15-13-11-9-7-5-6-8-10-12-14-16-18-20-47(62)63/h38-40H,3-37H2,1-2H3,(H,50,57)(H,51,56)(H,52,60)(H,53,59)(H,54,58)(H,55,61)(H,62,63)(H,64,65)(H,66,67)/t38-,39?,40+/m1/s1. The number of unbranched alkanes of at least 4 members (excludes halogenated alkanes) is 14. The summed E-state index contributed by atoms with van der Waals surface area (Å²) in [5, 5.41) is 43.3. The van der Waals surface area contributed by atoms with Crippen LogP contribution in [0.5, 0.6) is 0 Å². The Morgan fingerprint density at radius 3 is 1.24 bits per heavy atom. The lowest BCUT2D eigenvalue weighted by atomic mass is 10.0. The van der Waals surface area contributed by atoms with Crippen LogP contribution in [0.15, 0.2) is 0 Å². The van der Waals surface area contributed by atoms with Gasteiger partial charge in [-0.15, -0.1) is 0 Å². The van der Waals surface area contributed by atoms with Gasteiger partial charge in [-0.2, -0.15) is 0 Å². The fraction of sp³-hybridized carbons (Fsp3) is 0.816. The number of nitrogens with one attached hydrogen (secondary N) is 6. The quantitative estimate of drug-likeness (QED) is 0.0394. The van der Waals surface area contributed by atoms with Crippen molar-refractivity contribution in [1.82, 2.24) is 31.9 Å². The van der Waals surface area contributed by atoms with Gasteiger partial charge in [-0.05, 0) is 45.4 Å². The Labute approximate surface area is 420 Å². The van der Waals surface area contributed by atoms with Crippen LogP contribution in [0.3, 0.4) is 0 Å². The Kier molecular flexibility index (Phi) is 43.0. The number of carboxylic acid groups (broad SMARTS) is 3. The maximum Gasteiger partial charge on any atom is 0.326 e. The van der Waals surface area contributed by atoms with E-state index < -0.39 is 35.9 Å². The number of rotatable bonds is 50. The van der Waals surface area contributed by atoms with Crippen molar-refractivity contribution in [3.63, 3.8) is 0 Å². The number of aliphatic carboxylic acids is 3. The first kappa shape index (κ1) is 66.1. The molecule has 0 fully saturated rings. The zero-order valence-corrected chi connectivity index (χ0v) is 42.6. The molecule has 0 aromatic carbocycles. The van der Waals surface area contributed by atoms with Gasteiger partial charge in [0.05, 0.1) is 39.6 Å². The third-order valence-corrected chi connectivity index (χ3v) is 11.0. The number of amides is 6. The summed E-state index contributed by atoms with van der Waals surface area (Å²) in [6, 6.07) is -2.73. The van der Waals surface area contributed by atoms with Crippen LogP contribution in [0.1, 0.15) is 168 Å². The molecule has 0 aliphatic rings. The van der Waals surface area contributed by atoms with Crippen molar-refractivity contribution >= 4 is 53.4 Å². The Hall–Kier alpha value is -4.93. The Bertz CT molecular complexity index is 1510. The van der Waals surface area contributed by atoms with Gasteiger partial charge in [0.1, 0.15) is 25.3 Å². The average molecular weight is 1020 g/mol. The van der Waals surface area contributed by atoms with Gasteiger partial charge in [0.25, 0.3) is 0 Å². The summed E-state index contributed by atoms with van der Waals surface area (Å²) < 4.78 is 21.2. The Balaban J connectivity index is 3.83. The van der Waals surface area contributed by atoms with Crippen molar-refractivity contribution < 1.29 is 77.4 Å². The SMILES string of the molecule is CCCCNC(=O)CC[C@H](NC(=O)COCCOCCNC(=O)COCCOCCNC(=O)CC[C@@H](C)NC(=O)CCC(NC(=O)CCCCCCCCCCCCCCCCC(=O)O)C(=O)O)C(=O)O. The molecular weight excluding hydrogens is 929 g/mol. The highest BCUT2D eigenvalue weighted by Gasteiger charge is 2.23.